The van der Waals surface area contributed by atoms with E-state index in [1.54, 1.807) is 13.8 Å². The van der Waals surface area contributed by atoms with Crippen molar-refractivity contribution in [3.05, 3.63) is 0 Å². The highest BCUT2D eigenvalue weighted by molar-refractivity contribution is 8.77. The Hall–Kier alpha value is -1.42. The monoisotopic (exact) mass is 438 g/mol. The fraction of sp³-hybridized carbons (Fsp3) is 0.778. The lowest BCUT2D eigenvalue weighted by molar-refractivity contribution is -0.146. The molecule has 0 spiro atoms. The first-order valence-electron chi connectivity index (χ1n) is 9.10. The van der Waals surface area contributed by atoms with Crippen LogP contribution in [0.5, 0.6) is 0 Å². The van der Waals surface area contributed by atoms with Crippen molar-refractivity contribution in [3.8, 4) is 0 Å². The molecular weight excluding hydrogens is 404 g/mol. The van der Waals surface area contributed by atoms with Crippen molar-refractivity contribution in [1.82, 2.24) is 10.6 Å². The van der Waals surface area contributed by atoms with E-state index in [2.05, 4.69) is 34.0 Å². The standard InChI is InChI=1S/C15H26N2O6S2.C3H8/c1-8(2)12(15(21)23-6)17-14(20)10(4)25-24-9(3)13(19)16-7-11(18)22-5;1-3-2/h8-10,12H,7H2,1-6H3,(H,16,19)(H,17,20);3H2,1-2H3. The minimum atomic E-state index is -0.716. The van der Waals surface area contributed by atoms with E-state index >= 15 is 0 Å². The molecule has 2 N–H and O–H groups in total. The maximum atomic E-state index is 12.2. The summed E-state index contributed by atoms with van der Waals surface area (Å²) >= 11 is 0. The quantitative estimate of drug-likeness (QED) is 0.394. The summed E-state index contributed by atoms with van der Waals surface area (Å²) in [6.45, 7) is 11.0. The molecule has 28 heavy (non-hydrogen) atoms. The van der Waals surface area contributed by atoms with Crippen molar-refractivity contribution in [2.75, 3.05) is 20.8 Å². The number of amides is 2. The average Bonchev–Trinajstić information content (AvgIpc) is 2.66. The van der Waals surface area contributed by atoms with Crippen molar-refractivity contribution in [3.63, 3.8) is 0 Å². The fourth-order valence-corrected chi connectivity index (χ4v) is 3.71. The predicted octanol–water partition coefficient (Wildman–Crippen LogP) is 2.16. The molecule has 0 aromatic rings. The lowest BCUT2D eigenvalue weighted by Crippen LogP contribution is -2.47. The molecule has 0 heterocycles. The topological polar surface area (TPSA) is 111 Å². The number of hydrogen-bond acceptors (Lipinski definition) is 8. The molecule has 0 fully saturated rings. The molecule has 0 aromatic heterocycles. The van der Waals surface area contributed by atoms with Gasteiger partial charge in [-0.2, -0.15) is 0 Å². The lowest BCUT2D eigenvalue weighted by Gasteiger charge is -2.22. The van der Waals surface area contributed by atoms with E-state index < -0.39 is 28.5 Å². The molecule has 2 amide bonds. The molecule has 0 aliphatic rings. The van der Waals surface area contributed by atoms with Gasteiger partial charge in [-0.3, -0.25) is 14.4 Å². The molecule has 0 aliphatic heterocycles. The maximum Gasteiger partial charge on any atom is 0.328 e. The summed E-state index contributed by atoms with van der Waals surface area (Å²) in [5.74, 6) is -1.78. The fourth-order valence-electron chi connectivity index (χ4n) is 1.52. The molecule has 164 valence electrons. The SMILES string of the molecule is CCC.COC(=O)CNC(=O)C(C)SSC(C)C(=O)NC(C(=O)OC)C(C)C. The minimum absolute atomic E-state index is 0.107. The summed E-state index contributed by atoms with van der Waals surface area (Å²) in [4.78, 5) is 46.7. The molecule has 3 atom stereocenters. The maximum absolute atomic E-state index is 12.2. The van der Waals surface area contributed by atoms with Crippen molar-refractivity contribution in [2.24, 2.45) is 5.92 Å². The summed E-state index contributed by atoms with van der Waals surface area (Å²) in [6, 6.07) is -0.716. The number of rotatable bonds is 10. The van der Waals surface area contributed by atoms with Crippen molar-refractivity contribution < 1.29 is 28.7 Å². The number of carbonyl (C=O) groups excluding carboxylic acids is 4. The molecule has 0 saturated heterocycles. The van der Waals surface area contributed by atoms with Gasteiger partial charge in [0.1, 0.15) is 12.6 Å². The smallest absolute Gasteiger partial charge is 0.328 e. The second kappa shape index (κ2) is 16.5. The van der Waals surface area contributed by atoms with Gasteiger partial charge >= 0.3 is 11.9 Å². The van der Waals surface area contributed by atoms with Crippen molar-refractivity contribution in [1.29, 1.82) is 0 Å². The zero-order valence-electron chi connectivity index (χ0n) is 18.0. The van der Waals surface area contributed by atoms with Crippen LogP contribution < -0.4 is 10.6 Å². The van der Waals surface area contributed by atoms with E-state index in [4.69, 9.17) is 0 Å². The van der Waals surface area contributed by atoms with Gasteiger partial charge in [-0.1, -0.05) is 55.7 Å². The first-order valence-corrected chi connectivity index (χ1v) is 11.4. The van der Waals surface area contributed by atoms with Crippen LogP contribution in [0, 0.1) is 5.92 Å². The number of esters is 2. The highest BCUT2D eigenvalue weighted by atomic mass is 33.1. The summed E-state index contributed by atoms with van der Waals surface area (Å²) in [5, 5.41) is 4.16. The second-order valence-corrected chi connectivity index (χ2v) is 9.19. The van der Waals surface area contributed by atoms with Gasteiger partial charge in [0, 0.05) is 0 Å². The van der Waals surface area contributed by atoms with E-state index in [1.165, 1.54) is 42.2 Å². The predicted molar refractivity (Wildman–Crippen MR) is 114 cm³/mol. The molecule has 0 saturated carbocycles. The Morgan fingerprint density at radius 2 is 1.32 bits per heavy atom. The van der Waals surface area contributed by atoms with Crippen LogP contribution in [0.4, 0.5) is 0 Å². The highest BCUT2D eigenvalue weighted by Crippen LogP contribution is 2.31. The molecule has 0 aliphatic carbocycles. The van der Waals surface area contributed by atoms with Gasteiger partial charge in [-0.05, 0) is 19.8 Å². The van der Waals surface area contributed by atoms with Gasteiger partial charge in [0.15, 0.2) is 0 Å². The van der Waals surface area contributed by atoms with Crippen LogP contribution in [0.3, 0.4) is 0 Å². The third-order valence-corrected chi connectivity index (χ3v) is 6.32. The third-order valence-electron chi connectivity index (χ3n) is 3.14. The number of hydrogen-bond donors (Lipinski definition) is 2. The van der Waals surface area contributed by atoms with Crippen molar-refractivity contribution >= 4 is 45.3 Å². The summed E-state index contributed by atoms with van der Waals surface area (Å²) < 4.78 is 9.12. The molecule has 0 radical (unpaired) electrons. The Morgan fingerprint density at radius 3 is 1.71 bits per heavy atom. The van der Waals surface area contributed by atoms with Crippen LogP contribution in [0.1, 0.15) is 48.0 Å². The zero-order chi connectivity index (χ0) is 22.3. The van der Waals surface area contributed by atoms with Gasteiger partial charge in [-0.15, -0.1) is 0 Å². The van der Waals surface area contributed by atoms with Crippen LogP contribution in [-0.4, -0.2) is 61.1 Å². The Labute approximate surface area is 176 Å². The van der Waals surface area contributed by atoms with Crippen LogP contribution in [0.15, 0.2) is 0 Å². The lowest BCUT2D eigenvalue weighted by atomic mass is 10.0. The van der Waals surface area contributed by atoms with E-state index in [1.807, 2.05) is 13.8 Å². The van der Waals surface area contributed by atoms with Gasteiger partial charge in [0.2, 0.25) is 11.8 Å². The molecule has 8 nitrogen and oxygen atoms in total. The third kappa shape index (κ3) is 12.9. The van der Waals surface area contributed by atoms with Crippen LogP contribution >= 0.6 is 21.6 Å². The first kappa shape index (κ1) is 28.8. The number of nitrogens with one attached hydrogen (secondary N) is 2. The van der Waals surface area contributed by atoms with Crippen LogP contribution in [-0.2, 0) is 28.7 Å². The first-order chi connectivity index (χ1) is 13.0. The van der Waals surface area contributed by atoms with E-state index in [9.17, 15) is 19.2 Å². The van der Waals surface area contributed by atoms with Crippen LogP contribution in [0.25, 0.3) is 0 Å². The van der Waals surface area contributed by atoms with Crippen LogP contribution in [0.2, 0.25) is 0 Å². The Morgan fingerprint density at radius 1 is 0.857 bits per heavy atom. The number of ether oxygens (including phenoxy) is 2. The highest BCUT2D eigenvalue weighted by Gasteiger charge is 2.27. The average molecular weight is 439 g/mol. The second-order valence-electron chi connectivity index (χ2n) is 6.23. The Kier molecular flexibility index (Phi) is 17.0. The molecule has 0 bridgehead atoms. The van der Waals surface area contributed by atoms with E-state index in [-0.39, 0.29) is 24.3 Å². The molecule has 0 aromatic carbocycles. The summed E-state index contributed by atoms with van der Waals surface area (Å²) in [6.07, 6.45) is 1.25. The largest absolute Gasteiger partial charge is 0.468 e. The van der Waals surface area contributed by atoms with E-state index in [0.717, 1.165) is 0 Å². The number of methoxy groups -OCH3 is 2. The Bertz CT molecular complexity index is 502. The van der Waals surface area contributed by atoms with Gasteiger partial charge in [0.25, 0.3) is 0 Å². The van der Waals surface area contributed by atoms with Gasteiger partial charge < -0.3 is 20.1 Å². The Balaban J connectivity index is 0. The number of carbonyl (C=O) groups is 4. The van der Waals surface area contributed by atoms with E-state index in [0.29, 0.717) is 0 Å². The van der Waals surface area contributed by atoms with Gasteiger partial charge in [0.05, 0.1) is 24.7 Å². The van der Waals surface area contributed by atoms with Gasteiger partial charge in [-0.25, -0.2) is 4.79 Å². The van der Waals surface area contributed by atoms with Crippen molar-refractivity contribution in [2.45, 2.75) is 64.5 Å². The zero-order valence-corrected chi connectivity index (χ0v) is 19.6. The molecule has 3 unspecified atom stereocenters. The summed E-state index contributed by atoms with van der Waals surface area (Å²) in [7, 11) is 4.92. The normalized spacial score (nSPS) is 13.3. The summed E-state index contributed by atoms with van der Waals surface area (Å²) in [5.41, 5.74) is 0. The molecular formula is C18H34N2O6S2. The molecule has 10 heteroatoms. The molecule has 0 rings (SSSR count). The minimum Gasteiger partial charge on any atom is -0.468 e.